The van der Waals surface area contributed by atoms with E-state index < -0.39 is 0 Å². The maximum absolute atomic E-state index is 8.89. The van der Waals surface area contributed by atoms with E-state index in [1.165, 1.54) is 0 Å². The second-order valence-electron chi connectivity index (χ2n) is 4.57. The van der Waals surface area contributed by atoms with Gasteiger partial charge in [-0.05, 0) is 23.3 Å². The predicted octanol–water partition coefficient (Wildman–Crippen LogP) is 4.55. The maximum atomic E-state index is 8.89. The van der Waals surface area contributed by atoms with Crippen molar-refractivity contribution in [1.29, 1.82) is 5.26 Å². The summed E-state index contributed by atoms with van der Waals surface area (Å²) in [6.07, 6.45) is 4.04. The first kappa shape index (κ1) is 15.8. The lowest BCUT2D eigenvalue weighted by atomic mass is 10.1. The Morgan fingerprint density at radius 2 is 2.14 bits per heavy atom. The van der Waals surface area contributed by atoms with Gasteiger partial charge in [0.05, 0.1) is 23.2 Å². The molecule has 21 heavy (non-hydrogen) atoms. The zero-order chi connectivity index (χ0) is 15.1. The van der Waals surface area contributed by atoms with Crippen LogP contribution in [0.25, 0.3) is 0 Å². The summed E-state index contributed by atoms with van der Waals surface area (Å²) in [4.78, 5) is 6.28. The van der Waals surface area contributed by atoms with Crippen molar-refractivity contribution in [1.82, 2.24) is 4.98 Å². The average Bonchev–Trinajstić information content (AvgIpc) is 2.52. The molecule has 1 aromatic carbocycles. The normalized spacial score (nSPS) is 10.1. The van der Waals surface area contributed by atoms with E-state index in [2.05, 4.69) is 31.9 Å². The first-order valence-corrected chi connectivity index (χ1v) is 8.10. The first-order chi connectivity index (χ1) is 10.3. The van der Waals surface area contributed by atoms with Crippen LogP contribution in [-0.2, 0) is 11.9 Å². The number of halogens is 2. The topological polar surface area (TPSA) is 39.9 Å². The summed E-state index contributed by atoms with van der Waals surface area (Å²) in [6.45, 7) is 1.31. The van der Waals surface area contributed by atoms with Gasteiger partial charge >= 0.3 is 0 Å². The molecule has 0 fully saturated rings. The molecule has 0 spiro atoms. The first-order valence-electron chi connectivity index (χ1n) is 6.60. The molecule has 5 heteroatoms. The number of alkyl halides is 1. The predicted molar refractivity (Wildman–Crippen MR) is 89.6 cm³/mol. The third-order valence-corrected chi connectivity index (χ3v) is 4.03. The van der Waals surface area contributed by atoms with Crippen LogP contribution in [0.15, 0.2) is 42.7 Å². The molecule has 0 bridgehead atoms. The van der Waals surface area contributed by atoms with Crippen LogP contribution >= 0.6 is 27.5 Å². The minimum absolute atomic E-state index is 0.452. The largest absolute Gasteiger partial charge is 0.365 e. The quantitative estimate of drug-likeness (QED) is 0.706. The van der Waals surface area contributed by atoms with Crippen molar-refractivity contribution in [2.45, 2.75) is 18.3 Å². The molecule has 3 nitrogen and oxygen atoms in total. The van der Waals surface area contributed by atoms with E-state index in [9.17, 15) is 0 Å². The summed E-state index contributed by atoms with van der Waals surface area (Å²) in [6, 6.07) is 12.0. The van der Waals surface area contributed by atoms with E-state index in [0.717, 1.165) is 22.1 Å². The molecule has 2 aromatic rings. The number of aromatic nitrogens is 1. The summed E-state index contributed by atoms with van der Waals surface area (Å²) in [5.41, 5.74) is 3.19. The Labute approximate surface area is 138 Å². The third-order valence-electron chi connectivity index (χ3n) is 3.12. The summed E-state index contributed by atoms with van der Waals surface area (Å²) in [7, 11) is 0. The van der Waals surface area contributed by atoms with Gasteiger partial charge in [-0.3, -0.25) is 4.98 Å². The fourth-order valence-corrected chi connectivity index (χ4v) is 2.95. The number of para-hydroxylation sites is 1. The molecule has 0 amide bonds. The minimum Gasteiger partial charge on any atom is -0.365 e. The van der Waals surface area contributed by atoms with Crippen molar-refractivity contribution >= 4 is 33.2 Å². The highest BCUT2D eigenvalue weighted by molar-refractivity contribution is 9.08. The lowest BCUT2D eigenvalue weighted by molar-refractivity contribution is 0.792. The Morgan fingerprint density at radius 1 is 1.29 bits per heavy atom. The highest BCUT2D eigenvalue weighted by Gasteiger charge is 2.15. The molecule has 0 aliphatic heterocycles. The van der Waals surface area contributed by atoms with Gasteiger partial charge in [-0.25, -0.2) is 0 Å². The van der Waals surface area contributed by atoms with Gasteiger partial charge in [0, 0.05) is 30.8 Å². The molecule has 0 saturated carbocycles. The fraction of sp³-hybridized carbons (Fsp3) is 0.250. The number of anilines is 1. The minimum atomic E-state index is 0.452. The van der Waals surface area contributed by atoms with Crippen molar-refractivity contribution in [3.05, 3.63) is 58.9 Å². The number of nitrogens with zero attached hydrogens (tertiary/aromatic N) is 3. The molecule has 0 aliphatic rings. The molecule has 0 aliphatic carbocycles. The molecule has 0 radical (unpaired) electrons. The molecule has 0 atom stereocenters. The van der Waals surface area contributed by atoms with Crippen molar-refractivity contribution in [2.24, 2.45) is 0 Å². The molecule has 0 saturated heterocycles. The Balaban J connectivity index is 2.34. The highest BCUT2D eigenvalue weighted by Crippen LogP contribution is 2.32. The van der Waals surface area contributed by atoms with Crippen LogP contribution in [0.2, 0.25) is 5.02 Å². The van der Waals surface area contributed by atoms with Gasteiger partial charge in [-0.1, -0.05) is 45.7 Å². The summed E-state index contributed by atoms with van der Waals surface area (Å²) >= 11 is 9.89. The second kappa shape index (κ2) is 8.02. The van der Waals surface area contributed by atoms with E-state index >= 15 is 0 Å². The average molecular weight is 365 g/mol. The van der Waals surface area contributed by atoms with Crippen molar-refractivity contribution in [2.75, 3.05) is 11.4 Å². The number of nitriles is 1. The molecule has 0 unspecified atom stereocenters. The second-order valence-corrected chi connectivity index (χ2v) is 5.54. The number of pyridine rings is 1. The SMILES string of the molecule is N#CCCN(Cc1cccnc1)c1c(Cl)cccc1CBr. The van der Waals surface area contributed by atoms with E-state index in [4.69, 9.17) is 16.9 Å². The van der Waals surface area contributed by atoms with Crippen molar-refractivity contribution in [3.63, 3.8) is 0 Å². The fourth-order valence-electron chi connectivity index (χ4n) is 2.19. The molecule has 0 N–H and O–H groups in total. The lowest BCUT2D eigenvalue weighted by Crippen LogP contribution is -2.25. The van der Waals surface area contributed by atoms with Crippen LogP contribution in [0.3, 0.4) is 0 Å². The molecule has 1 aromatic heterocycles. The van der Waals surface area contributed by atoms with Crippen LogP contribution in [-0.4, -0.2) is 11.5 Å². The number of benzene rings is 1. The molecular formula is C16H15BrClN3. The molecule has 1 heterocycles. The van der Waals surface area contributed by atoms with Crippen LogP contribution in [0.1, 0.15) is 17.5 Å². The summed E-state index contributed by atoms with van der Waals surface area (Å²) in [5.74, 6) is 0. The van der Waals surface area contributed by atoms with Gasteiger partial charge in [0.2, 0.25) is 0 Å². The number of hydrogen-bond donors (Lipinski definition) is 0. The van der Waals surface area contributed by atoms with Gasteiger partial charge in [0.25, 0.3) is 0 Å². The van der Waals surface area contributed by atoms with Gasteiger partial charge in [-0.15, -0.1) is 0 Å². The summed E-state index contributed by atoms with van der Waals surface area (Å²) in [5, 5.41) is 10.3. The van der Waals surface area contributed by atoms with Crippen LogP contribution in [0.5, 0.6) is 0 Å². The van der Waals surface area contributed by atoms with E-state index in [0.29, 0.717) is 24.5 Å². The Morgan fingerprint density at radius 3 is 2.81 bits per heavy atom. The van der Waals surface area contributed by atoms with Crippen molar-refractivity contribution in [3.8, 4) is 6.07 Å². The standard InChI is InChI=1S/C16H15BrClN3/c17-10-14-5-1-6-15(18)16(14)21(9-3-7-19)12-13-4-2-8-20-11-13/h1-2,4-6,8,11H,3,9-10,12H2. The molecule has 108 valence electrons. The third kappa shape index (κ3) is 4.20. The zero-order valence-electron chi connectivity index (χ0n) is 11.5. The number of hydrogen-bond acceptors (Lipinski definition) is 3. The van der Waals surface area contributed by atoms with Crippen LogP contribution in [0.4, 0.5) is 5.69 Å². The monoisotopic (exact) mass is 363 g/mol. The molecule has 2 rings (SSSR count). The van der Waals surface area contributed by atoms with Gasteiger partial charge in [0.1, 0.15) is 0 Å². The zero-order valence-corrected chi connectivity index (χ0v) is 13.8. The lowest BCUT2D eigenvalue weighted by Gasteiger charge is -2.27. The highest BCUT2D eigenvalue weighted by atomic mass is 79.9. The van der Waals surface area contributed by atoms with Crippen LogP contribution < -0.4 is 4.90 Å². The summed E-state index contributed by atoms with van der Waals surface area (Å²) < 4.78 is 0. The van der Waals surface area contributed by atoms with E-state index in [1.807, 2.05) is 36.5 Å². The van der Waals surface area contributed by atoms with E-state index in [1.54, 1.807) is 6.20 Å². The smallest absolute Gasteiger partial charge is 0.0642 e. The van der Waals surface area contributed by atoms with E-state index in [-0.39, 0.29) is 0 Å². The Bertz CT molecular complexity index is 625. The number of rotatable bonds is 6. The Hall–Kier alpha value is -1.57. The van der Waals surface area contributed by atoms with Crippen LogP contribution in [0, 0.1) is 11.3 Å². The molecular weight excluding hydrogens is 350 g/mol. The van der Waals surface area contributed by atoms with Gasteiger partial charge < -0.3 is 4.90 Å². The van der Waals surface area contributed by atoms with Gasteiger partial charge in [-0.2, -0.15) is 5.26 Å². The van der Waals surface area contributed by atoms with Crippen molar-refractivity contribution < 1.29 is 0 Å². The maximum Gasteiger partial charge on any atom is 0.0642 e. The van der Waals surface area contributed by atoms with Gasteiger partial charge in [0.15, 0.2) is 0 Å². The Kier molecular flexibility index (Phi) is 6.04.